The van der Waals surface area contributed by atoms with Crippen LogP contribution in [0.3, 0.4) is 0 Å². The van der Waals surface area contributed by atoms with Gasteiger partial charge in [0.25, 0.3) is 0 Å². The number of fused-ring (bicyclic) bond motifs is 2. The molecule has 0 heteroatoms. The van der Waals surface area contributed by atoms with Gasteiger partial charge < -0.3 is 0 Å². The van der Waals surface area contributed by atoms with Crippen LogP contribution in [-0.4, -0.2) is 0 Å². The number of hydrogen-bond acceptors (Lipinski definition) is 0. The molecule has 0 aromatic heterocycles. The second-order valence-corrected chi connectivity index (χ2v) is 5.52. The Kier molecular flexibility index (Phi) is 3.01. The van der Waals surface area contributed by atoms with Gasteiger partial charge in [-0.25, -0.2) is 0 Å². The van der Waals surface area contributed by atoms with E-state index in [1.807, 2.05) is 12.1 Å². The molecule has 4 aromatic carbocycles. The summed E-state index contributed by atoms with van der Waals surface area (Å²) in [6, 6.07) is 27.9. The second-order valence-electron chi connectivity index (χ2n) is 5.52. The summed E-state index contributed by atoms with van der Waals surface area (Å²) in [4.78, 5) is 0. The lowest BCUT2D eigenvalue weighted by molar-refractivity contribution is 1.63. The van der Waals surface area contributed by atoms with E-state index in [2.05, 4.69) is 79.4 Å². The second kappa shape index (κ2) is 5.16. The average molecular weight is 280 g/mol. The van der Waals surface area contributed by atoms with Crippen molar-refractivity contribution < 1.29 is 0 Å². The largest absolute Gasteiger partial charge is 0.0984 e. The molecule has 0 unspecified atom stereocenters. The third-order valence-electron chi connectivity index (χ3n) is 4.22. The van der Waals surface area contributed by atoms with Crippen LogP contribution in [0.5, 0.6) is 0 Å². The van der Waals surface area contributed by atoms with Crippen LogP contribution in [0, 0.1) is 0 Å². The van der Waals surface area contributed by atoms with Crippen molar-refractivity contribution in [1.29, 1.82) is 0 Å². The summed E-state index contributed by atoms with van der Waals surface area (Å²) in [6.07, 6.45) is 1.97. The minimum atomic E-state index is 1.20. The summed E-state index contributed by atoms with van der Waals surface area (Å²) in [6.45, 7) is 4.05. The molecule has 4 rings (SSSR count). The Labute approximate surface area is 130 Å². The third kappa shape index (κ3) is 2.01. The highest BCUT2D eigenvalue weighted by atomic mass is 14.1. The van der Waals surface area contributed by atoms with Crippen LogP contribution in [0.15, 0.2) is 85.4 Å². The van der Waals surface area contributed by atoms with E-state index >= 15 is 0 Å². The summed E-state index contributed by atoms with van der Waals surface area (Å²) in [7, 11) is 0. The molecular formula is C22H16. The fourth-order valence-corrected chi connectivity index (χ4v) is 3.13. The zero-order chi connectivity index (χ0) is 14.9. The predicted octanol–water partition coefficient (Wildman–Crippen LogP) is 6.30. The Morgan fingerprint density at radius 2 is 1.32 bits per heavy atom. The standard InChI is InChI=1S/C22H16/c1-2-20-21(16-8-4-3-5-9-16)13-12-19-14-17-10-6-7-11-18(17)15-22(19)20/h2-15H,1H2. The van der Waals surface area contributed by atoms with Crippen molar-refractivity contribution >= 4 is 27.6 Å². The number of rotatable bonds is 2. The van der Waals surface area contributed by atoms with E-state index in [-0.39, 0.29) is 0 Å². The maximum Gasteiger partial charge on any atom is -0.00990 e. The predicted molar refractivity (Wildman–Crippen MR) is 97.0 cm³/mol. The van der Waals surface area contributed by atoms with Gasteiger partial charge >= 0.3 is 0 Å². The van der Waals surface area contributed by atoms with E-state index < -0.39 is 0 Å². The van der Waals surface area contributed by atoms with Gasteiger partial charge in [0.2, 0.25) is 0 Å². The topological polar surface area (TPSA) is 0 Å². The van der Waals surface area contributed by atoms with Gasteiger partial charge in [-0.15, -0.1) is 0 Å². The molecule has 4 aromatic rings. The molecule has 0 N–H and O–H groups in total. The van der Waals surface area contributed by atoms with E-state index in [1.54, 1.807) is 0 Å². The molecule has 0 atom stereocenters. The molecule has 22 heavy (non-hydrogen) atoms. The quantitative estimate of drug-likeness (QED) is 0.378. The minimum Gasteiger partial charge on any atom is -0.0984 e. The third-order valence-corrected chi connectivity index (χ3v) is 4.22. The molecule has 0 aliphatic heterocycles. The van der Waals surface area contributed by atoms with E-state index in [0.29, 0.717) is 0 Å². The molecule has 0 saturated heterocycles. The Morgan fingerprint density at radius 1 is 0.636 bits per heavy atom. The van der Waals surface area contributed by atoms with Crippen molar-refractivity contribution in [1.82, 2.24) is 0 Å². The minimum absolute atomic E-state index is 1.20. The highest BCUT2D eigenvalue weighted by Crippen LogP contribution is 2.33. The molecule has 0 bridgehead atoms. The first-order valence-corrected chi connectivity index (χ1v) is 7.50. The molecule has 0 aliphatic rings. The molecule has 0 radical (unpaired) electrons. The zero-order valence-electron chi connectivity index (χ0n) is 12.3. The summed E-state index contributed by atoms with van der Waals surface area (Å²) in [5.41, 5.74) is 3.67. The first-order chi connectivity index (χ1) is 10.9. The molecule has 0 saturated carbocycles. The number of hydrogen-bond donors (Lipinski definition) is 0. The molecule has 0 heterocycles. The Bertz CT molecular complexity index is 979. The average Bonchev–Trinajstić information content (AvgIpc) is 2.59. The maximum atomic E-state index is 4.05. The van der Waals surface area contributed by atoms with E-state index in [1.165, 1.54) is 38.2 Å². The van der Waals surface area contributed by atoms with Crippen molar-refractivity contribution in [3.05, 3.63) is 91.0 Å². The normalized spacial score (nSPS) is 10.9. The molecule has 0 spiro atoms. The van der Waals surface area contributed by atoms with Gasteiger partial charge in [-0.3, -0.25) is 0 Å². The molecular weight excluding hydrogens is 264 g/mol. The Hall–Kier alpha value is -2.86. The highest BCUT2D eigenvalue weighted by Gasteiger charge is 2.08. The van der Waals surface area contributed by atoms with E-state index in [9.17, 15) is 0 Å². The lowest BCUT2D eigenvalue weighted by Gasteiger charge is -2.11. The zero-order valence-corrected chi connectivity index (χ0v) is 12.3. The SMILES string of the molecule is C=Cc1c(-c2ccccc2)ccc2cc3ccccc3cc12. The Morgan fingerprint density at radius 3 is 2.05 bits per heavy atom. The molecule has 0 aliphatic carbocycles. The van der Waals surface area contributed by atoms with Crippen LogP contribution in [0.4, 0.5) is 0 Å². The monoisotopic (exact) mass is 280 g/mol. The Balaban J connectivity index is 2.08. The maximum absolute atomic E-state index is 4.05. The first-order valence-electron chi connectivity index (χ1n) is 7.50. The molecule has 0 amide bonds. The van der Waals surface area contributed by atoms with Crippen molar-refractivity contribution in [3.63, 3.8) is 0 Å². The van der Waals surface area contributed by atoms with Gasteiger partial charge in [0.15, 0.2) is 0 Å². The van der Waals surface area contributed by atoms with Gasteiger partial charge in [-0.05, 0) is 50.4 Å². The van der Waals surface area contributed by atoms with Gasteiger partial charge in [-0.1, -0.05) is 79.4 Å². The van der Waals surface area contributed by atoms with Crippen LogP contribution in [0.1, 0.15) is 5.56 Å². The van der Waals surface area contributed by atoms with Crippen LogP contribution < -0.4 is 0 Å². The summed E-state index contributed by atoms with van der Waals surface area (Å²) >= 11 is 0. The molecule has 0 nitrogen and oxygen atoms in total. The molecule has 0 fully saturated rings. The highest BCUT2D eigenvalue weighted by molar-refractivity contribution is 6.04. The van der Waals surface area contributed by atoms with Gasteiger partial charge in [0, 0.05) is 0 Å². The lowest BCUT2D eigenvalue weighted by atomic mass is 9.92. The fourth-order valence-electron chi connectivity index (χ4n) is 3.13. The molecule has 104 valence electrons. The van der Waals surface area contributed by atoms with Gasteiger partial charge in [0.05, 0.1) is 0 Å². The fraction of sp³-hybridized carbons (Fsp3) is 0. The van der Waals surface area contributed by atoms with Gasteiger partial charge in [0.1, 0.15) is 0 Å². The first kappa shape index (κ1) is 12.8. The lowest BCUT2D eigenvalue weighted by Crippen LogP contribution is -1.86. The van der Waals surface area contributed by atoms with Crippen molar-refractivity contribution in [2.45, 2.75) is 0 Å². The van der Waals surface area contributed by atoms with Crippen LogP contribution in [-0.2, 0) is 0 Å². The van der Waals surface area contributed by atoms with Crippen LogP contribution >= 0.6 is 0 Å². The van der Waals surface area contributed by atoms with E-state index in [4.69, 9.17) is 0 Å². The van der Waals surface area contributed by atoms with Crippen molar-refractivity contribution in [3.8, 4) is 11.1 Å². The van der Waals surface area contributed by atoms with Gasteiger partial charge in [-0.2, -0.15) is 0 Å². The van der Waals surface area contributed by atoms with E-state index in [0.717, 1.165) is 0 Å². The van der Waals surface area contributed by atoms with Crippen molar-refractivity contribution in [2.75, 3.05) is 0 Å². The smallest absolute Gasteiger partial charge is 0.00990 e. The number of benzene rings is 4. The summed E-state index contributed by atoms with van der Waals surface area (Å²) in [5.74, 6) is 0. The van der Waals surface area contributed by atoms with Crippen molar-refractivity contribution in [2.24, 2.45) is 0 Å². The van der Waals surface area contributed by atoms with Crippen LogP contribution in [0.25, 0.3) is 38.7 Å². The summed E-state index contributed by atoms with van der Waals surface area (Å²) in [5, 5.41) is 5.06. The van der Waals surface area contributed by atoms with Crippen LogP contribution in [0.2, 0.25) is 0 Å². The summed E-state index contributed by atoms with van der Waals surface area (Å²) < 4.78 is 0.